The second-order valence-electron chi connectivity index (χ2n) is 8.46. The molecule has 4 aromatic rings. The van der Waals surface area contributed by atoms with Crippen LogP contribution >= 0.6 is 0 Å². The third kappa shape index (κ3) is 5.17. The van der Waals surface area contributed by atoms with Crippen LogP contribution in [-0.4, -0.2) is 40.1 Å². The molecule has 0 saturated carbocycles. The maximum Gasteiger partial charge on any atom is 0.308 e. The topological polar surface area (TPSA) is 99.9 Å². The van der Waals surface area contributed by atoms with Crippen LogP contribution in [0.1, 0.15) is 18.1 Å². The maximum atomic E-state index is 12.0. The zero-order valence-electron chi connectivity index (χ0n) is 20.4. The number of ether oxygens (including phenoxy) is 2. The van der Waals surface area contributed by atoms with Gasteiger partial charge in [-0.1, -0.05) is 36.4 Å². The first-order valence-electron chi connectivity index (χ1n) is 11.1. The number of nitrogens with zero attached hydrogens (tertiary/aromatic N) is 2. The lowest BCUT2D eigenvalue weighted by molar-refractivity contribution is -0.651. The van der Waals surface area contributed by atoms with Gasteiger partial charge in [-0.3, -0.25) is 4.79 Å². The Hall–Kier alpha value is -3.95. The van der Waals surface area contributed by atoms with E-state index in [0.29, 0.717) is 33.5 Å². The normalized spacial score (nSPS) is 12.1. The van der Waals surface area contributed by atoms with Crippen LogP contribution in [0.15, 0.2) is 66.9 Å². The van der Waals surface area contributed by atoms with Gasteiger partial charge in [0.1, 0.15) is 11.5 Å². The second kappa shape index (κ2) is 9.96. The molecule has 0 N–H and O–H groups in total. The first-order valence-corrected chi connectivity index (χ1v) is 12.7. The molecular formula is C27H26N2O6S. The molecular weight excluding hydrogens is 480 g/mol. The van der Waals surface area contributed by atoms with Gasteiger partial charge in [-0.2, -0.15) is 4.57 Å². The minimum Gasteiger partial charge on any atom is -0.743 e. The standard InChI is InChI=1S/C27H26N2O6S/c1-18(30)35-27-16-25(28(2)3)20-10-6-5-9-19(20)23(27)15-26(34-4)22-13-14-29(17-36(31,32)33)24-12-8-7-11-21(22)24/h5-16H,17H2,1-4H3. The van der Waals surface area contributed by atoms with Crippen molar-refractivity contribution >= 4 is 55.3 Å². The van der Waals surface area contributed by atoms with Crippen LogP contribution in [0.4, 0.5) is 5.69 Å². The highest BCUT2D eigenvalue weighted by Gasteiger charge is 2.20. The SMILES string of the molecule is CO/C(=C\c1c(OC(C)=O)cc(N(C)C)c2ccccc12)c1cc[n+](CS(=O)(=O)[O-])c2ccccc12. The molecule has 9 heteroatoms. The summed E-state index contributed by atoms with van der Waals surface area (Å²) in [7, 11) is 0.879. The van der Waals surface area contributed by atoms with Gasteiger partial charge in [0.05, 0.1) is 12.5 Å². The van der Waals surface area contributed by atoms with Crippen molar-refractivity contribution in [2.24, 2.45) is 0 Å². The number of aromatic nitrogens is 1. The zero-order valence-corrected chi connectivity index (χ0v) is 21.2. The number of fused-ring (bicyclic) bond motifs is 2. The van der Waals surface area contributed by atoms with Crippen molar-refractivity contribution in [2.45, 2.75) is 12.8 Å². The number of hydrogen-bond acceptors (Lipinski definition) is 7. The van der Waals surface area contributed by atoms with E-state index in [9.17, 15) is 17.8 Å². The third-order valence-corrected chi connectivity index (χ3v) is 6.34. The molecule has 0 amide bonds. The molecule has 0 bridgehead atoms. The summed E-state index contributed by atoms with van der Waals surface area (Å²) in [6.07, 6.45) is 3.34. The van der Waals surface area contributed by atoms with E-state index in [1.807, 2.05) is 61.5 Å². The Morgan fingerprint density at radius 3 is 2.28 bits per heavy atom. The lowest BCUT2D eigenvalue weighted by Crippen LogP contribution is -2.38. The average Bonchev–Trinajstić information content (AvgIpc) is 2.82. The fourth-order valence-electron chi connectivity index (χ4n) is 4.27. The Bertz CT molecular complexity index is 1610. The monoisotopic (exact) mass is 506 g/mol. The quantitative estimate of drug-likeness (QED) is 0.123. The molecule has 3 aromatic carbocycles. The molecule has 186 valence electrons. The first-order chi connectivity index (χ1) is 17.1. The molecule has 0 fully saturated rings. The molecule has 1 heterocycles. The number of pyridine rings is 1. The van der Waals surface area contributed by atoms with Crippen LogP contribution < -0.4 is 14.2 Å². The summed E-state index contributed by atoms with van der Waals surface area (Å²) in [6.45, 7) is 1.35. The van der Waals surface area contributed by atoms with Crippen LogP contribution in [0.3, 0.4) is 0 Å². The van der Waals surface area contributed by atoms with Crippen LogP contribution in [0.25, 0.3) is 33.5 Å². The van der Waals surface area contributed by atoms with Crippen molar-refractivity contribution < 1.29 is 31.8 Å². The van der Waals surface area contributed by atoms with E-state index in [0.717, 1.165) is 16.5 Å². The summed E-state index contributed by atoms with van der Waals surface area (Å²) in [6, 6.07) is 18.5. The van der Waals surface area contributed by atoms with Crippen molar-refractivity contribution in [3.05, 3.63) is 78.0 Å². The van der Waals surface area contributed by atoms with Gasteiger partial charge in [0.2, 0.25) is 11.4 Å². The van der Waals surface area contributed by atoms with Gasteiger partial charge in [0.15, 0.2) is 16.3 Å². The van der Waals surface area contributed by atoms with Crippen molar-refractivity contribution in [1.82, 2.24) is 0 Å². The molecule has 0 saturated heterocycles. The van der Waals surface area contributed by atoms with Gasteiger partial charge in [0, 0.05) is 61.4 Å². The van der Waals surface area contributed by atoms with Gasteiger partial charge >= 0.3 is 5.97 Å². The van der Waals surface area contributed by atoms with Gasteiger partial charge in [-0.05, 0) is 17.5 Å². The van der Waals surface area contributed by atoms with Crippen LogP contribution in [0, 0.1) is 0 Å². The van der Waals surface area contributed by atoms with E-state index in [-0.39, 0.29) is 0 Å². The first kappa shape index (κ1) is 25.2. The van der Waals surface area contributed by atoms with Gasteiger partial charge in [0.25, 0.3) is 0 Å². The zero-order chi connectivity index (χ0) is 26.0. The molecule has 0 atom stereocenters. The van der Waals surface area contributed by atoms with E-state index >= 15 is 0 Å². The van der Waals surface area contributed by atoms with Crippen LogP contribution in [-0.2, 0) is 25.5 Å². The van der Waals surface area contributed by atoms with Gasteiger partial charge in [-0.25, -0.2) is 8.42 Å². The molecule has 0 aliphatic heterocycles. The number of rotatable bonds is 7. The predicted octanol–water partition coefficient (Wildman–Crippen LogP) is 3.92. The van der Waals surface area contributed by atoms with Crippen LogP contribution in [0.2, 0.25) is 0 Å². The van der Waals surface area contributed by atoms with Gasteiger partial charge < -0.3 is 18.9 Å². The van der Waals surface area contributed by atoms with Crippen LogP contribution in [0.5, 0.6) is 5.75 Å². The number of hydrogen-bond donors (Lipinski definition) is 0. The number of para-hydroxylation sites is 1. The summed E-state index contributed by atoms with van der Waals surface area (Å²) in [5, 5.41) is 2.53. The molecule has 0 unspecified atom stereocenters. The highest BCUT2D eigenvalue weighted by molar-refractivity contribution is 7.84. The van der Waals surface area contributed by atoms with Crippen molar-refractivity contribution in [3.8, 4) is 5.75 Å². The third-order valence-electron chi connectivity index (χ3n) is 5.74. The molecule has 36 heavy (non-hydrogen) atoms. The summed E-state index contributed by atoms with van der Waals surface area (Å²) < 4.78 is 47.1. The maximum absolute atomic E-state index is 12.0. The van der Waals surface area contributed by atoms with Crippen molar-refractivity contribution in [3.63, 3.8) is 0 Å². The smallest absolute Gasteiger partial charge is 0.308 e. The highest BCUT2D eigenvalue weighted by Crippen LogP contribution is 2.38. The number of methoxy groups -OCH3 is 1. The van der Waals surface area contributed by atoms with Crippen molar-refractivity contribution in [2.75, 3.05) is 26.1 Å². The summed E-state index contributed by atoms with van der Waals surface area (Å²) >= 11 is 0. The molecule has 0 radical (unpaired) electrons. The Balaban J connectivity index is 2.00. The number of carbonyl (C=O) groups excluding carboxylic acids is 1. The molecule has 0 spiro atoms. The van der Waals surface area contributed by atoms with Crippen molar-refractivity contribution in [1.29, 1.82) is 0 Å². The molecule has 0 aliphatic rings. The fraction of sp³-hybridized carbons (Fsp3) is 0.185. The Morgan fingerprint density at radius 1 is 1.03 bits per heavy atom. The average molecular weight is 507 g/mol. The minimum atomic E-state index is -4.49. The van der Waals surface area contributed by atoms with E-state index in [1.54, 1.807) is 30.5 Å². The number of esters is 1. The number of carbonyl (C=O) groups is 1. The highest BCUT2D eigenvalue weighted by atomic mass is 32.2. The number of anilines is 1. The second-order valence-corrected chi connectivity index (χ2v) is 9.83. The van der Waals surface area contributed by atoms with E-state index in [2.05, 4.69) is 0 Å². The van der Waals surface area contributed by atoms with E-state index < -0.39 is 22.0 Å². The van der Waals surface area contributed by atoms with E-state index in [4.69, 9.17) is 9.47 Å². The Labute approximate surface area is 209 Å². The molecule has 0 aliphatic carbocycles. The minimum absolute atomic E-state index is 0.382. The number of benzene rings is 3. The lowest BCUT2D eigenvalue weighted by atomic mass is 9.98. The van der Waals surface area contributed by atoms with E-state index in [1.165, 1.54) is 18.6 Å². The largest absolute Gasteiger partial charge is 0.743 e. The summed E-state index contributed by atoms with van der Waals surface area (Å²) in [5.74, 6) is -0.284. The van der Waals surface area contributed by atoms with Gasteiger partial charge in [-0.15, -0.1) is 0 Å². The molecule has 8 nitrogen and oxygen atoms in total. The fourth-order valence-corrected chi connectivity index (χ4v) is 4.84. The molecule has 1 aromatic heterocycles. The Kier molecular flexibility index (Phi) is 6.96. The Morgan fingerprint density at radius 2 is 1.67 bits per heavy atom. The predicted molar refractivity (Wildman–Crippen MR) is 138 cm³/mol. The summed E-state index contributed by atoms with van der Waals surface area (Å²) in [4.78, 5) is 13.9. The summed E-state index contributed by atoms with van der Waals surface area (Å²) in [5.41, 5.74) is 2.79. The molecule has 4 rings (SSSR count). The lowest BCUT2D eigenvalue weighted by Gasteiger charge is -2.20.